The van der Waals surface area contributed by atoms with Gasteiger partial charge in [0.1, 0.15) is 12.1 Å². The fourth-order valence-electron chi connectivity index (χ4n) is 5.31. The molecule has 2 aromatic heterocycles. The zero-order chi connectivity index (χ0) is 28.1. The maximum absolute atomic E-state index is 14.0. The Labute approximate surface area is 237 Å². The zero-order valence-electron chi connectivity index (χ0n) is 22.9. The average Bonchev–Trinajstić information content (AvgIpc) is 3.23. The van der Waals surface area contributed by atoms with Crippen molar-refractivity contribution in [1.29, 1.82) is 0 Å². The first-order chi connectivity index (χ1) is 18.4. The maximum Gasteiger partial charge on any atom is 0.248 e. The van der Waals surface area contributed by atoms with Gasteiger partial charge in [-0.05, 0) is 49.3 Å². The van der Waals surface area contributed by atoms with Crippen LogP contribution in [-0.2, 0) is 9.59 Å². The molecule has 1 aliphatic carbocycles. The van der Waals surface area contributed by atoms with Gasteiger partial charge < -0.3 is 15.3 Å². The van der Waals surface area contributed by atoms with Crippen LogP contribution in [0.3, 0.4) is 0 Å². The number of carbonyl (C=O) groups is 2. The zero-order valence-corrected chi connectivity index (χ0v) is 24.5. The molecule has 2 unspecified atom stereocenters. The molecule has 208 valence electrons. The number of aryl methyl sites for hydroxylation is 1. The van der Waals surface area contributed by atoms with Crippen molar-refractivity contribution >= 4 is 34.8 Å². The number of aliphatic hydroxyl groups is 1. The Bertz CT molecular complexity index is 1380. The molecular formula is C28H35ClN6O3S. The normalized spacial score (nSPS) is 21.2. The maximum atomic E-state index is 14.0. The van der Waals surface area contributed by atoms with Crippen LogP contribution >= 0.6 is 22.9 Å². The van der Waals surface area contributed by atoms with Crippen LogP contribution < -0.4 is 5.32 Å². The van der Waals surface area contributed by atoms with E-state index in [0.717, 1.165) is 40.2 Å². The molecule has 2 amide bonds. The second-order valence-corrected chi connectivity index (χ2v) is 13.1. The molecule has 39 heavy (non-hydrogen) atoms. The summed E-state index contributed by atoms with van der Waals surface area (Å²) in [6, 6.07) is 3.91. The van der Waals surface area contributed by atoms with Gasteiger partial charge >= 0.3 is 0 Å². The molecule has 1 aliphatic heterocycles. The number of nitrogens with zero attached hydrogens (tertiary/aromatic N) is 5. The fourth-order valence-corrected chi connectivity index (χ4v) is 6.46. The van der Waals surface area contributed by atoms with E-state index in [1.807, 2.05) is 59.0 Å². The first-order valence-corrected chi connectivity index (χ1v) is 14.6. The molecular weight excluding hydrogens is 536 g/mol. The molecule has 5 rings (SSSR count). The summed E-state index contributed by atoms with van der Waals surface area (Å²) in [6.07, 6.45) is 3.41. The van der Waals surface area contributed by atoms with Gasteiger partial charge in [0.25, 0.3) is 0 Å². The van der Waals surface area contributed by atoms with E-state index in [2.05, 4.69) is 20.6 Å². The number of hydrogen-bond donors (Lipinski definition) is 2. The van der Waals surface area contributed by atoms with E-state index in [1.165, 1.54) is 4.90 Å². The summed E-state index contributed by atoms with van der Waals surface area (Å²) in [5.41, 5.74) is 4.91. The Morgan fingerprint density at radius 3 is 2.62 bits per heavy atom. The Morgan fingerprint density at radius 2 is 2.00 bits per heavy atom. The lowest BCUT2D eigenvalue weighted by Gasteiger charge is -2.34. The summed E-state index contributed by atoms with van der Waals surface area (Å²) in [4.78, 5) is 34.3. The van der Waals surface area contributed by atoms with Crippen molar-refractivity contribution in [1.82, 2.24) is 30.2 Å². The highest BCUT2D eigenvalue weighted by Crippen LogP contribution is 2.40. The molecule has 0 spiro atoms. The summed E-state index contributed by atoms with van der Waals surface area (Å²) >= 11 is 8.19. The number of amides is 2. The molecule has 2 aliphatic rings. The molecule has 0 bridgehead atoms. The van der Waals surface area contributed by atoms with Crippen LogP contribution in [0, 0.1) is 12.3 Å². The van der Waals surface area contributed by atoms with Crippen molar-refractivity contribution < 1.29 is 14.7 Å². The van der Waals surface area contributed by atoms with Crippen molar-refractivity contribution in [2.75, 3.05) is 6.54 Å². The summed E-state index contributed by atoms with van der Waals surface area (Å²) in [6.45, 7) is 9.82. The number of rotatable bonds is 7. The molecule has 3 aromatic rings. The minimum atomic E-state index is -0.802. The van der Waals surface area contributed by atoms with Crippen molar-refractivity contribution in [3.8, 4) is 10.4 Å². The number of halogens is 1. The predicted octanol–water partition coefficient (Wildman–Crippen LogP) is 4.67. The number of thiazole rings is 1. The highest BCUT2D eigenvalue weighted by Gasteiger charge is 2.45. The smallest absolute Gasteiger partial charge is 0.248 e. The number of benzene rings is 1. The lowest BCUT2D eigenvalue weighted by Crippen LogP contribution is -2.50. The van der Waals surface area contributed by atoms with Crippen LogP contribution in [0.25, 0.3) is 10.4 Å². The monoisotopic (exact) mass is 570 g/mol. The summed E-state index contributed by atoms with van der Waals surface area (Å²) in [7, 11) is 0. The number of carbonyl (C=O) groups excluding carboxylic acids is 2. The molecule has 1 saturated heterocycles. The average molecular weight is 571 g/mol. The van der Waals surface area contributed by atoms with E-state index in [9.17, 15) is 14.7 Å². The second-order valence-electron chi connectivity index (χ2n) is 11.8. The van der Waals surface area contributed by atoms with Gasteiger partial charge in [-0.25, -0.2) is 9.67 Å². The minimum absolute atomic E-state index is 0.0890. The third kappa shape index (κ3) is 5.73. The molecule has 1 saturated carbocycles. The highest BCUT2D eigenvalue weighted by atomic mass is 35.5. The second kappa shape index (κ2) is 10.6. The van der Waals surface area contributed by atoms with Crippen molar-refractivity contribution in [3.63, 3.8) is 0 Å². The van der Waals surface area contributed by atoms with Crippen LogP contribution in [-0.4, -0.2) is 60.5 Å². The highest BCUT2D eigenvalue weighted by molar-refractivity contribution is 7.13. The first kappa shape index (κ1) is 27.7. The van der Waals surface area contributed by atoms with Gasteiger partial charge in [0.05, 0.1) is 33.9 Å². The molecule has 3 heterocycles. The standard InChI is InChI=1S/C28H35ClN6O3S/c1-15(20-9-8-18(10-21(20)29)24-16(2)30-14-39-24)31-26(37)23-11-19(36)12-34(23)27(38)25(28(3,4)5)35-13-22(32-33-35)17-6-7-17/h8-10,13-15,17,19,23,25,36H,6-7,11-12H2,1-5H3,(H,31,37)/t15?,19-,23+,25?/m1/s1. The molecule has 0 radical (unpaired) electrons. The van der Waals surface area contributed by atoms with E-state index in [4.69, 9.17) is 11.6 Å². The van der Waals surface area contributed by atoms with Gasteiger partial charge in [-0.15, -0.1) is 16.4 Å². The minimum Gasteiger partial charge on any atom is -0.391 e. The molecule has 4 atom stereocenters. The molecule has 9 nitrogen and oxygen atoms in total. The topological polar surface area (TPSA) is 113 Å². The molecule has 11 heteroatoms. The SMILES string of the molecule is Cc1ncsc1-c1ccc(C(C)NC(=O)[C@@H]2C[C@@H](O)CN2C(=O)C(n2cc(C3CC3)nn2)C(C)(C)C)c(Cl)c1. The first-order valence-electron chi connectivity index (χ1n) is 13.3. The summed E-state index contributed by atoms with van der Waals surface area (Å²) < 4.78 is 1.63. The van der Waals surface area contributed by atoms with E-state index in [0.29, 0.717) is 10.9 Å². The Hall–Kier alpha value is -2.82. The number of aliphatic hydroxyl groups excluding tert-OH is 1. The van der Waals surface area contributed by atoms with E-state index in [1.54, 1.807) is 21.5 Å². The lowest BCUT2D eigenvalue weighted by molar-refractivity contribution is -0.144. The van der Waals surface area contributed by atoms with Crippen LogP contribution in [0.2, 0.25) is 5.02 Å². The molecule has 2 N–H and O–H groups in total. The Balaban J connectivity index is 1.33. The Kier molecular flexibility index (Phi) is 7.56. The third-order valence-corrected chi connectivity index (χ3v) is 8.85. The fraction of sp³-hybridized carbons (Fsp3) is 0.536. The van der Waals surface area contributed by atoms with Crippen LogP contribution in [0.1, 0.15) is 81.9 Å². The van der Waals surface area contributed by atoms with Gasteiger partial charge in [0.15, 0.2) is 0 Å². The quantitative estimate of drug-likeness (QED) is 0.427. The van der Waals surface area contributed by atoms with Gasteiger partial charge in [-0.2, -0.15) is 0 Å². The Morgan fingerprint density at radius 1 is 1.26 bits per heavy atom. The number of aromatic nitrogens is 4. The number of hydrogen-bond acceptors (Lipinski definition) is 7. The van der Waals surface area contributed by atoms with Gasteiger partial charge in [0.2, 0.25) is 11.8 Å². The molecule has 1 aromatic carbocycles. The van der Waals surface area contributed by atoms with Gasteiger partial charge in [0, 0.05) is 30.1 Å². The summed E-state index contributed by atoms with van der Waals surface area (Å²) in [5, 5.41) is 22.7. The van der Waals surface area contributed by atoms with Gasteiger partial charge in [-0.1, -0.05) is 49.7 Å². The third-order valence-electron chi connectivity index (χ3n) is 7.54. The molecule has 2 fully saturated rings. The van der Waals surface area contributed by atoms with Crippen LogP contribution in [0.4, 0.5) is 0 Å². The van der Waals surface area contributed by atoms with Crippen molar-refractivity contribution in [2.45, 2.75) is 84.0 Å². The van der Waals surface area contributed by atoms with E-state index >= 15 is 0 Å². The lowest BCUT2D eigenvalue weighted by atomic mass is 9.85. The van der Waals surface area contributed by atoms with E-state index < -0.39 is 29.6 Å². The number of β-amino-alcohol motifs (C(OH)–C–C–N with tert-alkyl or cyclic N) is 1. The largest absolute Gasteiger partial charge is 0.391 e. The van der Waals surface area contributed by atoms with Crippen LogP contribution in [0.15, 0.2) is 29.9 Å². The predicted molar refractivity (Wildman–Crippen MR) is 150 cm³/mol. The van der Waals surface area contributed by atoms with Crippen LogP contribution in [0.5, 0.6) is 0 Å². The van der Waals surface area contributed by atoms with Crippen molar-refractivity contribution in [3.05, 3.63) is 51.9 Å². The van der Waals surface area contributed by atoms with E-state index in [-0.39, 0.29) is 24.8 Å². The number of nitrogens with one attached hydrogen (secondary N) is 1. The van der Waals surface area contributed by atoms with Crippen molar-refractivity contribution in [2.24, 2.45) is 5.41 Å². The van der Waals surface area contributed by atoms with Gasteiger partial charge in [-0.3, -0.25) is 9.59 Å². The number of likely N-dealkylation sites (tertiary alicyclic amines) is 1. The summed E-state index contributed by atoms with van der Waals surface area (Å²) in [5.74, 6) is -0.160.